The van der Waals surface area contributed by atoms with Gasteiger partial charge in [-0.1, -0.05) is 6.92 Å². The van der Waals surface area contributed by atoms with Crippen molar-refractivity contribution in [3.05, 3.63) is 23.2 Å². The molecule has 1 aromatic heterocycles. The lowest BCUT2D eigenvalue weighted by Gasteiger charge is -2.10. The van der Waals surface area contributed by atoms with Crippen LogP contribution in [-0.2, 0) is 5.41 Å². The first kappa shape index (κ1) is 7.99. The van der Waals surface area contributed by atoms with Crippen LogP contribution in [0.5, 0.6) is 0 Å². The molecule has 1 aromatic rings. The van der Waals surface area contributed by atoms with E-state index in [4.69, 9.17) is 11.6 Å². The topological polar surface area (TPSA) is 25.8 Å². The summed E-state index contributed by atoms with van der Waals surface area (Å²) < 4.78 is 0. The van der Waals surface area contributed by atoms with E-state index in [9.17, 15) is 0 Å². The number of hydrogen-bond acceptors (Lipinski definition) is 2. The largest absolute Gasteiger partial charge is 0.227 e. The molecular formula is C9H11ClN2. The van der Waals surface area contributed by atoms with Crippen LogP contribution in [0, 0.1) is 0 Å². The zero-order chi connectivity index (χ0) is 8.60. The van der Waals surface area contributed by atoms with Crippen molar-refractivity contribution in [1.29, 1.82) is 0 Å². The van der Waals surface area contributed by atoms with Crippen molar-refractivity contribution in [2.45, 2.75) is 31.6 Å². The van der Waals surface area contributed by atoms with Gasteiger partial charge in [-0.15, -0.1) is 0 Å². The summed E-state index contributed by atoms with van der Waals surface area (Å²) in [4.78, 5) is 8.10. The zero-order valence-electron chi connectivity index (χ0n) is 7.05. The molecule has 0 N–H and O–H groups in total. The van der Waals surface area contributed by atoms with Crippen LogP contribution in [0.1, 0.15) is 31.9 Å². The van der Waals surface area contributed by atoms with Gasteiger partial charge in [0, 0.05) is 11.6 Å². The fraction of sp³-hybridized carbons (Fsp3) is 0.556. The monoisotopic (exact) mass is 182 g/mol. The van der Waals surface area contributed by atoms with Gasteiger partial charge in [0.2, 0.25) is 5.28 Å². The molecule has 0 spiro atoms. The third kappa shape index (κ3) is 1.20. The minimum absolute atomic E-state index is 0.340. The smallest absolute Gasteiger partial charge is 0.222 e. The molecule has 2 nitrogen and oxygen atoms in total. The molecule has 0 radical (unpaired) electrons. The van der Waals surface area contributed by atoms with Gasteiger partial charge in [-0.3, -0.25) is 0 Å². The molecule has 1 aliphatic rings. The molecule has 0 bridgehead atoms. The molecule has 0 amide bonds. The Morgan fingerprint density at radius 1 is 1.58 bits per heavy atom. The van der Waals surface area contributed by atoms with Crippen molar-refractivity contribution in [3.63, 3.8) is 0 Å². The second-order valence-electron chi connectivity index (χ2n) is 3.34. The normalized spacial score (nSPS) is 19.2. The SMILES string of the molecule is CCC1(c2ccnc(Cl)n2)CC1. The summed E-state index contributed by atoms with van der Waals surface area (Å²) in [6, 6.07) is 1.97. The summed E-state index contributed by atoms with van der Waals surface area (Å²) in [5.74, 6) is 0. The standard InChI is InChI=1S/C9H11ClN2/c1-2-9(4-5-9)7-3-6-11-8(10)12-7/h3,6H,2,4-5H2,1H3. The van der Waals surface area contributed by atoms with Gasteiger partial charge < -0.3 is 0 Å². The first-order valence-corrected chi connectivity index (χ1v) is 4.64. The van der Waals surface area contributed by atoms with E-state index in [0.717, 1.165) is 12.1 Å². The Balaban J connectivity index is 2.34. The second-order valence-corrected chi connectivity index (χ2v) is 3.68. The van der Waals surface area contributed by atoms with Gasteiger partial charge in [-0.2, -0.15) is 0 Å². The Hall–Kier alpha value is -0.630. The lowest BCUT2D eigenvalue weighted by Crippen LogP contribution is -2.07. The number of rotatable bonds is 2. The van der Waals surface area contributed by atoms with Gasteiger partial charge in [0.05, 0.1) is 5.69 Å². The molecule has 0 saturated heterocycles. The summed E-state index contributed by atoms with van der Waals surface area (Å²) in [5, 5.41) is 0.368. The lowest BCUT2D eigenvalue weighted by atomic mass is 9.99. The molecule has 64 valence electrons. The maximum Gasteiger partial charge on any atom is 0.222 e. The summed E-state index contributed by atoms with van der Waals surface area (Å²) in [6.07, 6.45) is 5.38. The molecule has 12 heavy (non-hydrogen) atoms. The predicted molar refractivity (Wildman–Crippen MR) is 48.2 cm³/mol. The quantitative estimate of drug-likeness (QED) is 0.657. The van der Waals surface area contributed by atoms with Crippen LogP contribution in [0.15, 0.2) is 12.3 Å². The van der Waals surface area contributed by atoms with Crippen LogP contribution in [0.3, 0.4) is 0 Å². The molecule has 0 unspecified atom stereocenters. The Morgan fingerprint density at radius 2 is 2.33 bits per heavy atom. The van der Waals surface area contributed by atoms with Gasteiger partial charge in [-0.05, 0) is 36.9 Å². The number of hydrogen-bond donors (Lipinski definition) is 0. The second kappa shape index (κ2) is 2.70. The molecule has 0 atom stereocenters. The fourth-order valence-electron chi connectivity index (χ4n) is 1.57. The highest BCUT2D eigenvalue weighted by Crippen LogP contribution is 2.49. The van der Waals surface area contributed by atoms with Crippen LogP contribution in [0.2, 0.25) is 5.28 Å². The minimum atomic E-state index is 0.340. The molecular weight excluding hydrogens is 172 g/mol. The van der Waals surface area contributed by atoms with E-state index in [1.165, 1.54) is 12.8 Å². The maximum absolute atomic E-state index is 5.71. The zero-order valence-corrected chi connectivity index (χ0v) is 7.80. The van der Waals surface area contributed by atoms with Gasteiger partial charge in [-0.25, -0.2) is 9.97 Å². The van der Waals surface area contributed by atoms with Gasteiger partial charge in [0.25, 0.3) is 0 Å². The van der Waals surface area contributed by atoms with E-state index in [2.05, 4.69) is 16.9 Å². The lowest BCUT2D eigenvalue weighted by molar-refractivity contribution is 0.638. The Morgan fingerprint density at radius 3 is 2.83 bits per heavy atom. The highest BCUT2D eigenvalue weighted by molar-refractivity contribution is 6.28. The third-order valence-electron chi connectivity index (χ3n) is 2.70. The van der Waals surface area contributed by atoms with Gasteiger partial charge in [0.15, 0.2) is 0 Å². The number of nitrogens with zero attached hydrogens (tertiary/aromatic N) is 2. The summed E-state index contributed by atoms with van der Waals surface area (Å²) in [5.41, 5.74) is 1.46. The van der Waals surface area contributed by atoms with E-state index < -0.39 is 0 Å². The number of aromatic nitrogens is 2. The highest BCUT2D eigenvalue weighted by atomic mass is 35.5. The molecule has 1 saturated carbocycles. The average Bonchev–Trinajstić information content (AvgIpc) is 2.84. The van der Waals surface area contributed by atoms with Crippen LogP contribution < -0.4 is 0 Å². The van der Waals surface area contributed by atoms with Crippen LogP contribution in [-0.4, -0.2) is 9.97 Å². The van der Waals surface area contributed by atoms with Crippen molar-refractivity contribution >= 4 is 11.6 Å². The molecule has 1 heterocycles. The molecule has 1 aliphatic carbocycles. The van der Waals surface area contributed by atoms with Crippen molar-refractivity contribution < 1.29 is 0 Å². The minimum Gasteiger partial charge on any atom is -0.227 e. The Bertz CT molecular complexity index is 294. The van der Waals surface area contributed by atoms with Crippen molar-refractivity contribution in [1.82, 2.24) is 9.97 Å². The first-order chi connectivity index (χ1) is 5.77. The summed E-state index contributed by atoms with van der Waals surface area (Å²) >= 11 is 5.71. The fourth-order valence-corrected chi connectivity index (χ4v) is 1.72. The van der Waals surface area contributed by atoms with E-state index in [1.54, 1.807) is 6.20 Å². The van der Waals surface area contributed by atoms with Crippen LogP contribution in [0.4, 0.5) is 0 Å². The highest BCUT2D eigenvalue weighted by Gasteiger charge is 2.43. The Kier molecular flexibility index (Phi) is 1.80. The van der Waals surface area contributed by atoms with Crippen LogP contribution >= 0.6 is 11.6 Å². The predicted octanol–water partition coefficient (Wildman–Crippen LogP) is 2.57. The first-order valence-electron chi connectivity index (χ1n) is 4.26. The molecule has 0 aromatic carbocycles. The summed E-state index contributed by atoms with van der Waals surface area (Å²) in [7, 11) is 0. The van der Waals surface area contributed by atoms with E-state index in [0.29, 0.717) is 10.7 Å². The molecule has 0 aliphatic heterocycles. The average molecular weight is 183 g/mol. The molecule has 3 heteroatoms. The van der Waals surface area contributed by atoms with Crippen molar-refractivity contribution in [2.75, 3.05) is 0 Å². The number of halogens is 1. The van der Waals surface area contributed by atoms with Crippen LogP contribution in [0.25, 0.3) is 0 Å². The van der Waals surface area contributed by atoms with E-state index in [-0.39, 0.29) is 0 Å². The maximum atomic E-state index is 5.71. The van der Waals surface area contributed by atoms with Crippen molar-refractivity contribution in [2.24, 2.45) is 0 Å². The van der Waals surface area contributed by atoms with E-state index >= 15 is 0 Å². The van der Waals surface area contributed by atoms with Gasteiger partial charge >= 0.3 is 0 Å². The Labute approximate surface area is 77.0 Å². The van der Waals surface area contributed by atoms with E-state index in [1.807, 2.05) is 6.07 Å². The summed E-state index contributed by atoms with van der Waals surface area (Å²) in [6.45, 7) is 2.20. The van der Waals surface area contributed by atoms with Gasteiger partial charge in [0.1, 0.15) is 0 Å². The molecule has 2 rings (SSSR count). The van der Waals surface area contributed by atoms with Crippen molar-refractivity contribution in [3.8, 4) is 0 Å². The molecule has 1 fully saturated rings. The third-order valence-corrected chi connectivity index (χ3v) is 2.88.